The van der Waals surface area contributed by atoms with Gasteiger partial charge in [0.15, 0.2) is 28.0 Å². The van der Waals surface area contributed by atoms with E-state index in [4.69, 9.17) is 9.57 Å². The summed E-state index contributed by atoms with van der Waals surface area (Å²) < 4.78 is 33.9. The number of rotatable bonds is 11. The number of methoxy groups -OCH3 is 1. The Bertz CT molecular complexity index is 1200. The number of hydrogen-bond donors (Lipinski definition) is 1. The van der Waals surface area contributed by atoms with Crippen LogP contribution in [0.25, 0.3) is 0 Å². The van der Waals surface area contributed by atoms with Crippen LogP contribution in [-0.2, 0) is 30.8 Å². The van der Waals surface area contributed by atoms with Crippen molar-refractivity contribution in [3.05, 3.63) is 59.9 Å². The second-order valence-corrected chi connectivity index (χ2v) is 9.53. The van der Waals surface area contributed by atoms with Crippen LogP contribution in [0.5, 0.6) is 0 Å². The van der Waals surface area contributed by atoms with Crippen LogP contribution in [0.15, 0.2) is 52.8 Å². The van der Waals surface area contributed by atoms with Crippen molar-refractivity contribution in [2.75, 3.05) is 24.8 Å². The monoisotopic (exact) mass is 490 g/mol. The SMILES string of the molecule is COCCCS(=O)(=O)c1ccc(/C(=N\OCc2ncccn2)C(=O)Nc2nc(C)ns2)cc1. The number of benzene rings is 1. The molecule has 13 heteroatoms. The fourth-order valence-electron chi connectivity index (χ4n) is 2.62. The minimum Gasteiger partial charge on any atom is -0.387 e. The molecule has 0 bridgehead atoms. The second-order valence-electron chi connectivity index (χ2n) is 6.67. The lowest BCUT2D eigenvalue weighted by Crippen LogP contribution is -2.24. The molecule has 0 unspecified atom stereocenters. The standard InChI is InChI=1S/C20H22N6O5S2/c1-14-23-20(32-26-14)24-19(27)18(25-31-13-17-21-9-3-10-22-17)15-5-7-16(8-6-15)33(28,29)12-4-11-30-2/h3,5-10H,4,11-13H2,1-2H3,(H,23,24,26,27)/b25-18+. The molecule has 0 saturated heterocycles. The molecule has 0 saturated carbocycles. The predicted octanol–water partition coefficient (Wildman–Crippen LogP) is 2.01. The van der Waals surface area contributed by atoms with Crippen molar-refractivity contribution in [1.29, 1.82) is 0 Å². The molecule has 0 aliphatic rings. The van der Waals surface area contributed by atoms with Crippen molar-refractivity contribution in [3.8, 4) is 0 Å². The minimum atomic E-state index is -3.48. The van der Waals surface area contributed by atoms with Gasteiger partial charge in [-0.15, -0.1) is 0 Å². The smallest absolute Gasteiger partial charge is 0.280 e. The molecular formula is C20H22N6O5S2. The number of nitrogens with zero attached hydrogens (tertiary/aromatic N) is 5. The summed E-state index contributed by atoms with van der Waals surface area (Å²) in [4.78, 5) is 30.5. The maximum atomic E-state index is 12.9. The topological polar surface area (TPSA) is 146 Å². The summed E-state index contributed by atoms with van der Waals surface area (Å²) in [7, 11) is -1.96. The summed E-state index contributed by atoms with van der Waals surface area (Å²) in [6.07, 6.45) is 3.51. The molecule has 1 N–H and O–H groups in total. The summed E-state index contributed by atoms with van der Waals surface area (Å²) >= 11 is 1.03. The Balaban J connectivity index is 1.81. The molecule has 1 aromatic carbocycles. The van der Waals surface area contributed by atoms with Crippen molar-refractivity contribution in [3.63, 3.8) is 0 Å². The Morgan fingerprint density at radius 1 is 1.18 bits per heavy atom. The molecule has 3 rings (SSSR count). The second kappa shape index (κ2) is 11.5. The molecule has 3 aromatic rings. The molecule has 1 amide bonds. The van der Waals surface area contributed by atoms with Gasteiger partial charge in [-0.2, -0.15) is 4.37 Å². The Kier molecular flexibility index (Phi) is 8.52. The molecule has 2 aromatic heterocycles. The summed E-state index contributed by atoms with van der Waals surface area (Å²) in [5.74, 6) is 0.279. The number of aromatic nitrogens is 4. The Labute approximate surface area is 195 Å². The number of aryl methyl sites for hydroxylation is 1. The van der Waals surface area contributed by atoms with Crippen molar-refractivity contribution in [1.82, 2.24) is 19.3 Å². The van der Waals surface area contributed by atoms with Crippen LogP contribution in [0.2, 0.25) is 0 Å². The Hall–Kier alpha value is -3.29. The highest BCUT2D eigenvalue weighted by atomic mass is 32.2. The highest BCUT2D eigenvalue weighted by Gasteiger charge is 2.20. The van der Waals surface area contributed by atoms with Gasteiger partial charge in [0, 0.05) is 43.2 Å². The average molecular weight is 491 g/mol. The first-order valence-corrected chi connectivity index (χ1v) is 12.2. The van der Waals surface area contributed by atoms with Gasteiger partial charge < -0.3 is 9.57 Å². The molecule has 0 atom stereocenters. The summed E-state index contributed by atoms with van der Waals surface area (Å²) in [5.41, 5.74) is 0.292. The van der Waals surface area contributed by atoms with E-state index >= 15 is 0 Å². The third-order valence-electron chi connectivity index (χ3n) is 4.18. The van der Waals surface area contributed by atoms with E-state index in [0.717, 1.165) is 11.5 Å². The lowest BCUT2D eigenvalue weighted by molar-refractivity contribution is -0.110. The Morgan fingerprint density at radius 3 is 2.55 bits per heavy atom. The van der Waals surface area contributed by atoms with Gasteiger partial charge >= 0.3 is 0 Å². The number of hydrogen-bond acceptors (Lipinski definition) is 11. The van der Waals surface area contributed by atoms with Gasteiger partial charge in [-0.3, -0.25) is 10.1 Å². The molecular weight excluding hydrogens is 468 g/mol. The molecule has 174 valence electrons. The van der Waals surface area contributed by atoms with E-state index in [1.807, 2.05) is 0 Å². The number of sulfone groups is 1. The van der Waals surface area contributed by atoms with Gasteiger partial charge in [0.05, 0.1) is 10.6 Å². The van der Waals surface area contributed by atoms with E-state index in [1.165, 1.54) is 31.4 Å². The summed E-state index contributed by atoms with van der Waals surface area (Å²) in [6, 6.07) is 7.51. The Morgan fingerprint density at radius 2 is 1.91 bits per heavy atom. The van der Waals surface area contributed by atoms with E-state index in [0.29, 0.717) is 35.4 Å². The normalized spacial score (nSPS) is 11.9. The van der Waals surface area contributed by atoms with Gasteiger partial charge in [-0.05, 0) is 31.5 Å². The van der Waals surface area contributed by atoms with Gasteiger partial charge in [0.25, 0.3) is 5.91 Å². The first kappa shape index (κ1) is 24.4. The largest absolute Gasteiger partial charge is 0.387 e. The molecule has 0 spiro atoms. The number of amides is 1. The zero-order valence-electron chi connectivity index (χ0n) is 18.0. The first-order chi connectivity index (χ1) is 15.9. The van der Waals surface area contributed by atoms with Crippen LogP contribution in [0.3, 0.4) is 0 Å². The fourth-order valence-corrected chi connectivity index (χ4v) is 4.47. The predicted molar refractivity (Wildman–Crippen MR) is 122 cm³/mol. The number of carbonyl (C=O) groups excluding carboxylic acids is 1. The lowest BCUT2D eigenvalue weighted by Gasteiger charge is -2.08. The summed E-state index contributed by atoms with van der Waals surface area (Å²) in [5, 5.41) is 6.88. The molecule has 0 fully saturated rings. The highest BCUT2D eigenvalue weighted by Crippen LogP contribution is 2.16. The van der Waals surface area contributed by atoms with Gasteiger partial charge in [0.2, 0.25) is 5.13 Å². The lowest BCUT2D eigenvalue weighted by atomic mass is 10.1. The van der Waals surface area contributed by atoms with E-state index < -0.39 is 15.7 Å². The number of ether oxygens (including phenoxy) is 1. The van der Waals surface area contributed by atoms with Crippen LogP contribution < -0.4 is 5.32 Å². The first-order valence-electron chi connectivity index (χ1n) is 9.78. The van der Waals surface area contributed by atoms with E-state index in [9.17, 15) is 13.2 Å². The molecule has 33 heavy (non-hydrogen) atoms. The molecule has 0 aliphatic carbocycles. The maximum absolute atomic E-state index is 12.9. The number of nitrogens with one attached hydrogen (secondary N) is 1. The third-order valence-corrected chi connectivity index (χ3v) is 6.72. The third kappa shape index (κ3) is 7.10. The van der Waals surface area contributed by atoms with Crippen molar-refractivity contribution in [2.24, 2.45) is 5.16 Å². The highest BCUT2D eigenvalue weighted by molar-refractivity contribution is 7.91. The zero-order valence-corrected chi connectivity index (χ0v) is 19.6. The van der Waals surface area contributed by atoms with E-state index in [1.54, 1.807) is 25.4 Å². The molecule has 0 radical (unpaired) electrons. The molecule has 2 heterocycles. The molecule has 11 nitrogen and oxygen atoms in total. The van der Waals surface area contributed by atoms with Gasteiger partial charge in [-0.1, -0.05) is 17.3 Å². The van der Waals surface area contributed by atoms with Crippen LogP contribution in [-0.4, -0.2) is 58.8 Å². The number of oxime groups is 1. The molecule has 0 aliphatic heterocycles. The van der Waals surface area contributed by atoms with Crippen molar-refractivity contribution < 1.29 is 22.8 Å². The maximum Gasteiger partial charge on any atom is 0.280 e. The minimum absolute atomic E-state index is 0.0434. The van der Waals surface area contributed by atoms with Crippen LogP contribution in [0.1, 0.15) is 23.6 Å². The number of carbonyl (C=O) groups is 1. The zero-order chi connectivity index (χ0) is 23.7. The van der Waals surface area contributed by atoms with E-state index in [-0.39, 0.29) is 23.0 Å². The fraction of sp³-hybridized carbons (Fsp3) is 0.300. The van der Waals surface area contributed by atoms with Crippen LogP contribution in [0.4, 0.5) is 5.13 Å². The van der Waals surface area contributed by atoms with E-state index in [2.05, 4.69) is 29.8 Å². The van der Waals surface area contributed by atoms with Crippen molar-refractivity contribution in [2.45, 2.75) is 24.8 Å². The van der Waals surface area contributed by atoms with Crippen LogP contribution in [0, 0.1) is 6.92 Å². The van der Waals surface area contributed by atoms with Gasteiger partial charge in [-0.25, -0.2) is 23.4 Å². The number of anilines is 1. The summed E-state index contributed by atoms with van der Waals surface area (Å²) in [6.45, 7) is 2.00. The quantitative estimate of drug-likeness (QED) is 0.242. The van der Waals surface area contributed by atoms with Crippen molar-refractivity contribution >= 4 is 38.1 Å². The van der Waals surface area contributed by atoms with Gasteiger partial charge in [0.1, 0.15) is 5.82 Å². The average Bonchev–Trinajstić information content (AvgIpc) is 3.22. The van der Waals surface area contributed by atoms with Crippen LogP contribution >= 0.6 is 11.5 Å².